The molecule has 0 saturated heterocycles. The first kappa shape index (κ1) is 13.0. The Balaban J connectivity index is 3.26. The third-order valence-electron chi connectivity index (χ3n) is 1.62. The highest BCUT2D eigenvalue weighted by molar-refractivity contribution is 5.55. The number of hydrogen-bond acceptors (Lipinski definition) is 4. The fourth-order valence-electron chi connectivity index (χ4n) is 1.02. The van der Waals surface area contributed by atoms with E-state index in [1.165, 1.54) is 6.07 Å². The SMILES string of the molecule is N#Cc1c(C(F)F)cc(OC(F)(F)F)nc1N. The second kappa shape index (κ2) is 4.40. The molecular weight excluding hydrogens is 249 g/mol. The molecule has 1 aromatic heterocycles. The first-order valence-corrected chi connectivity index (χ1v) is 3.99. The molecule has 0 aromatic carbocycles. The van der Waals surface area contributed by atoms with Crippen LogP contribution in [0.4, 0.5) is 27.8 Å². The van der Waals surface area contributed by atoms with Gasteiger partial charge in [-0.2, -0.15) is 10.2 Å². The van der Waals surface area contributed by atoms with Crippen LogP contribution < -0.4 is 10.5 Å². The zero-order chi connectivity index (χ0) is 13.2. The van der Waals surface area contributed by atoms with E-state index in [4.69, 9.17) is 11.0 Å². The lowest BCUT2D eigenvalue weighted by Gasteiger charge is -2.11. The van der Waals surface area contributed by atoms with E-state index in [9.17, 15) is 22.0 Å². The molecule has 0 spiro atoms. The van der Waals surface area contributed by atoms with Gasteiger partial charge in [-0.15, -0.1) is 13.2 Å². The minimum atomic E-state index is -5.08. The Kier molecular flexibility index (Phi) is 3.36. The summed E-state index contributed by atoms with van der Waals surface area (Å²) in [5.74, 6) is -1.88. The quantitative estimate of drug-likeness (QED) is 0.821. The number of halogens is 5. The lowest BCUT2D eigenvalue weighted by Crippen LogP contribution is -2.18. The average Bonchev–Trinajstić information content (AvgIpc) is 2.13. The van der Waals surface area contributed by atoms with E-state index in [1.807, 2.05) is 0 Å². The molecule has 0 bridgehead atoms. The largest absolute Gasteiger partial charge is 0.574 e. The number of alkyl halides is 5. The van der Waals surface area contributed by atoms with E-state index < -0.39 is 35.6 Å². The summed E-state index contributed by atoms with van der Waals surface area (Å²) < 4.78 is 63.7. The summed E-state index contributed by atoms with van der Waals surface area (Å²) in [5.41, 5.74) is 3.44. The highest BCUT2D eigenvalue weighted by atomic mass is 19.4. The molecule has 1 rings (SSSR count). The molecule has 92 valence electrons. The smallest absolute Gasteiger partial charge is 0.388 e. The second-order valence-corrected chi connectivity index (χ2v) is 2.77. The first-order chi connectivity index (χ1) is 7.74. The Morgan fingerprint density at radius 3 is 2.41 bits per heavy atom. The number of ether oxygens (including phenoxy) is 1. The molecule has 0 unspecified atom stereocenters. The van der Waals surface area contributed by atoms with E-state index in [0.29, 0.717) is 6.07 Å². The van der Waals surface area contributed by atoms with Crippen LogP contribution in [-0.4, -0.2) is 11.3 Å². The maximum absolute atomic E-state index is 12.4. The molecule has 0 amide bonds. The van der Waals surface area contributed by atoms with E-state index in [0.717, 1.165) is 0 Å². The van der Waals surface area contributed by atoms with Crippen molar-refractivity contribution in [2.75, 3.05) is 5.73 Å². The van der Waals surface area contributed by atoms with Gasteiger partial charge in [0.1, 0.15) is 17.5 Å². The minimum absolute atomic E-state index is 0.326. The summed E-state index contributed by atoms with van der Waals surface area (Å²) in [7, 11) is 0. The number of anilines is 1. The van der Waals surface area contributed by atoms with E-state index in [-0.39, 0.29) is 0 Å². The Morgan fingerprint density at radius 2 is 2.00 bits per heavy atom. The lowest BCUT2D eigenvalue weighted by molar-refractivity contribution is -0.276. The Bertz CT molecular complexity index is 465. The number of hydrogen-bond donors (Lipinski definition) is 1. The number of nitriles is 1. The number of nitrogen functional groups attached to an aromatic ring is 1. The summed E-state index contributed by atoms with van der Waals surface area (Å²) in [5, 5.41) is 8.51. The molecule has 1 heterocycles. The highest BCUT2D eigenvalue weighted by Gasteiger charge is 2.33. The van der Waals surface area contributed by atoms with Crippen molar-refractivity contribution in [1.29, 1.82) is 5.26 Å². The van der Waals surface area contributed by atoms with Gasteiger partial charge in [-0.05, 0) is 0 Å². The molecule has 0 atom stereocenters. The molecule has 4 nitrogen and oxygen atoms in total. The molecule has 0 aliphatic heterocycles. The zero-order valence-electron chi connectivity index (χ0n) is 7.92. The van der Waals surface area contributed by atoms with E-state index in [1.54, 1.807) is 0 Å². The number of nitrogens with zero attached hydrogens (tertiary/aromatic N) is 2. The Hall–Kier alpha value is -2.11. The van der Waals surface area contributed by atoms with Gasteiger partial charge in [0.15, 0.2) is 0 Å². The van der Waals surface area contributed by atoms with Crippen LogP contribution >= 0.6 is 0 Å². The van der Waals surface area contributed by atoms with Gasteiger partial charge in [0.2, 0.25) is 5.88 Å². The summed E-state index contributed by atoms with van der Waals surface area (Å²) in [6.45, 7) is 0. The van der Waals surface area contributed by atoms with Crippen LogP contribution in [0.5, 0.6) is 5.88 Å². The molecule has 0 aliphatic rings. The molecule has 0 fully saturated rings. The first-order valence-electron chi connectivity index (χ1n) is 3.99. The van der Waals surface area contributed by atoms with Crippen LogP contribution in [-0.2, 0) is 0 Å². The lowest BCUT2D eigenvalue weighted by atomic mass is 10.1. The van der Waals surface area contributed by atoms with Crippen molar-refractivity contribution in [2.24, 2.45) is 0 Å². The van der Waals surface area contributed by atoms with Crippen molar-refractivity contribution in [3.05, 3.63) is 17.2 Å². The van der Waals surface area contributed by atoms with Crippen LogP contribution in [0.3, 0.4) is 0 Å². The molecule has 9 heteroatoms. The Labute approximate surface area is 91.4 Å². The number of rotatable bonds is 2. The third-order valence-corrected chi connectivity index (χ3v) is 1.62. The van der Waals surface area contributed by atoms with Gasteiger partial charge in [0.25, 0.3) is 6.43 Å². The zero-order valence-corrected chi connectivity index (χ0v) is 7.92. The molecule has 0 saturated carbocycles. The fraction of sp³-hybridized carbons (Fsp3) is 0.250. The number of nitrogens with two attached hydrogens (primary N) is 1. The summed E-state index contributed by atoms with van der Waals surface area (Å²) in [6.07, 6.45) is -8.24. The van der Waals surface area contributed by atoms with Gasteiger partial charge < -0.3 is 10.5 Å². The molecule has 17 heavy (non-hydrogen) atoms. The van der Waals surface area contributed by atoms with Crippen LogP contribution in [0, 0.1) is 11.3 Å². The third kappa shape index (κ3) is 3.17. The van der Waals surface area contributed by atoms with Crippen LogP contribution in [0.25, 0.3) is 0 Å². The van der Waals surface area contributed by atoms with Gasteiger partial charge >= 0.3 is 6.36 Å². The van der Waals surface area contributed by atoms with E-state index >= 15 is 0 Å². The van der Waals surface area contributed by atoms with Crippen LogP contribution in [0.1, 0.15) is 17.6 Å². The second-order valence-electron chi connectivity index (χ2n) is 2.77. The van der Waals surface area contributed by atoms with E-state index in [2.05, 4.69) is 9.72 Å². The van der Waals surface area contributed by atoms with Gasteiger partial charge in [0.05, 0.1) is 0 Å². The van der Waals surface area contributed by atoms with Crippen molar-refractivity contribution in [3.63, 3.8) is 0 Å². The van der Waals surface area contributed by atoms with Crippen LogP contribution in [0.2, 0.25) is 0 Å². The monoisotopic (exact) mass is 253 g/mol. The number of pyridine rings is 1. The number of aromatic nitrogens is 1. The van der Waals surface area contributed by atoms with Gasteiger partial charge in [0, 0.05) is 11.6 Å². The molecule has 1 aromatic rings. The van der Waals surface area contributed by atoms with Crippen molar-refractivity contribution < 1.29 is 26.7 Å². The fourth-order valence-corrected chi connectivity index (χ4v) is 1.02. The maximum Gasteiger partial charge on any atom is 0.574 e. The highest BCUT2D eigenvalue weighted by Crippen LogP contribution is 2.30. The van der Waals surface area contributed by atoms with Crippen LogP contribution in [0.15, 0.2) is 6.07 Å². The molecule has 0 radical (unpaired) electrons. The van der Waals surface area contributed by atoms with Gasteiger partial charge in [-0.25, -0.2) is 8.78 Å². The predicted molar refractivity (Wildman–Crippen MR) is 45.0 cm³/mol. The summed E-state index contributed by atoms with van der Waals surface area (Å²) in [4.78, 5) is 3.05. The predicted octanol–water partition coefficient (Wildman–Crippen LogP) is 2.37. The minimum Gasteiger partial charge on any atom is -0.388 e. The average molecular weight is 253 g/mol. The summed E-state index contributed by atoms with van der Waals surface area (Å²) in [6, 6.07) is 1.66. The standard InChI is InChI=1S/C8H4F5N3O/c9-6(10)3-1-5(17-8(11,12)13)16-7(15)4(3)2-14/h1,6H,(H2,15,16). The van der Waals surface area contributed by atoms with Crippen molar-refractivity contribution >= 4 is 5.82 Å². The van der Waals surface area contributed by atoms with Gasteiger partial charge in [-0.3, -0.25) is 0 Å². The van der Waals surface area contributed by atoms with Gasteiger partial charge in [-0.1, -0.05) is 0 Å². The summed E-state index contributed by atoms with van der Waals surface area (Å²) >= 11 is 0. The van der Waals surface area contributed by atoms with Crippen molar-refractivity contribution in [3.8, 4) is 11.9 Å². The Morgan fingerprint density at radius 1 is 1.41 bits per heavy atom. The normalized spacial score (nSPS) is 11.4. The molecular formula is C8H4F5N3O. The van der Waals surface area contributed by atoms with Crippen molar-refractivity contribution in [1.82, 2.24) is 4.98 Å². The van der Waals surface area contributed by atoms with Crippen molar-refractivity contribution in [2.45, 2.75) is 12.8 Å². The topological polar surface area (TPSA) is 71.9 Å². The molecule has 0 aliphatic carbocycles. The molecule has 2 N–H and O–H groups in total. The maximum atomic E-state index is 12.4.